The molecule has 28 heavy (non-hydrogen) atoms. The monoisotopic (exact) mass is 384 g/mol. The molecule has 1 saturated heterocycles. The SMILES string of the molecule is COc1cccc(C(O)=C2C(=O)C(=O)N(CCN(C)C)C2c2ccc(C)o2)c1. The molecule has 0 saturated carbocycles. The number of Topliss-reactive ketones (excluding diaryl/α,β-unsaturated/α-hetero) is 1. The van der Waals surface area contributed by atoms with Gasteiger partial charge in [0.2, 0.25) is 0 Å². The standard InChI is InChI=1S/C21H24N2O5/c1-13-8-9-16(28-13)18-17(19(24)14-6-5-7-15(12-14)27-4)20(25)21(26)23(18)11-10-22(2)3/h5-9,12,18,24H,10-11H2,1-4H3. The van der Waals surface area contributed by atoms with Crippen molar-refractivity contribution in [1.29, 1.82) is 0 Å². The maximum atomic E-state index is 12.8. The lowest BCUT2D eigenvalue weighted by molar-refractivity contribution is -0.140. The van der Waals surface area contributed by atoms with Crippen LogP contribution in [0.25, 0.3) is 5.76 Å². The van der Waals surface area contributed by atoms with E-state index in [4.69, 9.17) is 9.15 Å². The van der Waals surface area contributed by atoms with Crippen molar-refractivity contribution in [3.8, 4) is 5.75 Å². The summed E-state index contributed by atoms with van der Waals surface area (Å²) < 4.78 is 10.9. The van der Waals surface area contributed by atoms with Crippen LogP contribution < -0.4 is 4.74 Å². The Balaban J connectivity index is 2.13. The lowest BCUT2D eigenvalue weighted by atomic mass is 9.99. The number of likely N-dealkylation sites (N-methyl/N-ethyl adjacent to an activating group) is 1. The number of hydrogen-bond acceptors (Lipinski definition) is 6. The fourth-order valence-corrected chi connectivity index (χ4v) is 3.24. The summed E-state index contributed by atoms with van der Waals surface area (Å²) in [5, 5.41) is 10.9. The predicted molar refractivity (Wildman–Crippen MR) is 104 cm³/mol. The number of likely N-dealkylation sites (tertiary alicyclic amines) is 1. The zero-order valence-electron chi connectivity index (χ0n) is 16.4. The Kier molecular flexibility index (Phi) is 5.56. The summed E-state index contributed by atoms with van der Waals surface area (Å²) >= 11 is 0. The van der Waals surface area contributed by atoms with Crippen molar-refractivity contribution in [3.63, 3.8) is 0 Å². The van der Waals surface area contributed by atoms with Gasteiger partial charge in [0.1, 0.15) is 29.1 Å². The quantitative estimate of drug-likeness (QED) is 0.468. The lowest BCUT2D eigenvalue weighted by Crippen LogP contribution is -2.35. The van der Waals surface area contributed by atoms with Crippen LogP contribution in [-0.2, 0) is 9.59 Å². The molecule has 0 aliphatic carbocycles. The second-order valence-corrected chi connectivity index (χ2v) is 6.98. The first-order valence-corrected chi connectivity index (χ1v) is 8.97. The molecule has 0 spiro atoms. The molecule has 1 aliphatic heterocycles. The molecule has 148 valence electrons. The van der Waals surface area contributed by atoms with E-state index in [1.165, 1.54) is 12.0 Å². The summed E-state index contributed by atoms with van der Waals surface area (Å²) in [7, 11) is 5.29. The summed E-state index contributed by atoms with van der Waals surface area (Å²) in [6.45, 7) is 2.69. The zero-order valence-corrected chi connectivity index (χ0v) is 16.4. The summed E-state index contributed by atoms with van der Waals surface area (Å²) in [5.74, 6) is 0.0258. The average Bonchev–Trinajstić information content (AvgIpc) is 3.21. The zero-order chi connectivity index (χ0) is 20.4. The van der Waals surface area contributed by atoms with Gasteiger partial charge < -0.3 is 24.1 Å². The number of amides is 1. The second-order valence-electron chi connectivity index (χ2n) is 6.98. The Morgan fingerprint density at radius 2 is 2.00 bits per heavy atom. The van der Waals surface area contributed by atoms with Crippen molar-refractivity contribution in [1.82, 2.24) is 9.80 Å². The highest BCUT2D eigenvalue weighted by Gasteiger charge is 2.47. The van der Waals surface area contributed by atoms with Gasteiger partial charge in [0, 0.05) is 18.7 Å². The van der Waals surface area contributed by atoms with Crippen molar-refractivity contribution >= 4 is 17.4 Å². The lowest BCUT2D eigenvalue weighted by Gasteiger charge is -2.24. The Labute approximate surface area is 163 Å². The van der Waals surface area contributed by atoms with E-state index >= 15 is 0 Å². The number of carbonyl (C=O) groups is 2. The summed E-state index contributed by atoms with van der Waals surface area (Å²) in [6, 6.07) is 9.45. The van der Waals surface area contributed by atoms with Crippen molar-refractivity contribution in [3.05, 3.63) is 59.1 Å². The van der Waals surface area contributed by atoms with Gasteiger partial charge in [-0.2, -0.15) is 0 Å². The van der Waals surface area contributed by atoms with Gasteiger partial charge >= 0.3 is 0 Å². The van der Waals surface area contributed by atoms with Gasteiger partial charge in [-0.15, -0.1) is 0 Å². The molecule has 1 fully saturated rings. The normalized spacial score (nSPS) is 18.9. The van der Waals surface area contributed by atoms with Gasteiger partial charge in [-0.25, -0.2) is 0 Å². The number of aryl methyl sites for hydroxylation is 1. The van der Waals surface area contributed by atoms with Gasteiger partial charge in [-0.1, -0.05) is 12.1 Å². The van der Waals surface area contributed by atoms with E-state index in [0.29, 0.717) is 35.9 Å². The van der Waals surface area contributed by atoms with Crippen LogP contribution in [-0.4, -0.2) is 60.9 Å². The number of aliphatic hydroxyl groups excluding tert-OH is 1. The minimum Gasteiger partial charge on any atom is -0.507 e. The molecule has 0 bridgehead atoms. The van der Waals surface area contributed by atoms with Gasteiger partial charge in [0.05, 0.1) is 12.7 Å². The first-order chi connectivity index (χ1) is 13.3. The third kappa shape index (κ3) is 3.66. The third-order valence-corrected chi connectivity index (χ3v) is 4.70. The highest BCUT2D eigenvalue weighted by Crippen LogP contribution is 2.40. The van der Waals surface area contributed by atoms with Crippen molar-refractivity contribution < 1.29 is 23.8 Å². The Morgan fingerprint density at radius 1 is 1.25 bits per heavy atom. The molecule has 1 N–H and O–H groups in total. The molecule has 1 aromatic heterocycles. The Bertz CT molecular complexity index is 928. The highest BCUT2D eigenvalue weighted by molar-refractivity contribution is 6.46. The van der Waals surface area contributed by atoms with Gasteiger partial charge in [-0.3, -0.25) is 9.59 Å². The summed E-state index contributed by atoms with van der Waals surface area (Å²) in [5.41, 5.74) is 0.421. The number of benzene rings is 1. The highest BCUT2D eigenvalue weighted by atomic mass is 16.5. The fourth-order valence-electron chi connectivity index (χ4n) is 3.24. The number of carbonyl (C=O) groups excluding carboxylic acids is 2. The largest absolute Gasteiger partial charge is 0.507 e. The van der Waals surface area contributed by atoms with Crippen LogP contribution in [0.2, 0.25) is 0 Å². The van der Waals surface area contributed by atoms with E-state index in [-0.39, 0.29) is 11.3 Å². The molecule has 2 aromatic rings. The van der Waals surface area contributed by atoms with Crippen molar-refractivity contribution in [2.24, 2.45) is 0 Å². The predicted octanol–water partition coefficient (Wildman–Crippen LogP) is 2.58. The number of ketones is 1. The van der Waals surface area contributed by atoms with E-state index < -0.39 is 17.7 Å². The molecular formula is C21H24N2O5. The molecule has 1 unspecified atom stereocenters. The number of hydrogen-bond donors (Lipinski definition) is 1. The summed E-state index contributed by atoms with van der Waals surface area (Å²) in [4.78, 5) is 28.9. The van der Waals surface area contributed by atoms with Crippen molar-refractivity contribution in [2.75, 3.05) is 34.3 Å². The number of nitrogens with zero attached hydrogens (tertiary/aromatic N) is 2. The molecule has 7 nitrogen and oxygen atoms in total. The van der Waals surface area contributed by atoms with Crippen LogP contribution in [0.1, 0.15) is 23.1 Å². The molecule has 3 rings (SSSR count). The molecule has 7 heteroatoms. The molecule has 2 heterocycles. The van der Waals surface area contributed by atoms with Crippen LogP contribution in [0.5, 0.6) is 5.75 Å². The van der Waals surface area contributed by atoms with Crippen LogP contribution in [0.3, 0.4) is 0 Å². The number of ether oxygens (including phenoxy) is 1. The van der Waals surface area contributed by atoms with Gasteiger partial charge in [-0.05, 0) is 45.3 Å². The number of aliphatic hydroxyl groups is 1. The molecule has 1 aliphatic rings. The molecular weight excluding hydrogens is 360 g/mol. The molecule has 1 aromatic carbocycles. The van der Waals surface area contributed by atoms with Gasteiger partial charge in [0.25, 0.3) is 11.7 Å². The first-order valence-electron chi connectivity index (χ1n) is 8.97. The van der Waals surface area contributed by atoms with Gasteiger partial charge in [0.15, 0.2) is 0 Å². The van der Waals surface area contributed by atoms with Crippen LogP contribution in [0, 0.1) is 6.92 Å². The number of methoxy groups -OCH3 is 1. The minimum atomic E-state index is -0.778. The topological polar surface area (TPSA) is 83.2 Å². The van der Waals surface area contributed by atoms with Crippen molar-refractivity contribution in [2.45, 2.75) is 13.0 Å². The first kappa shape index (κ1) is 19.7. The molecule has 0 radical (unpaired) electrons. The van der Waals surface area contributed by atoms with Crippen LogP contribution in [0.15, 0.2) is 46.4 Å². The Hall–Kier alpha value is -3.06. The minimum absolute atomic E-state index is 0.0198. The fraction of sp³-hybridized carbons (Fsp3) is 0.333. The van der Waals surface area contributed by atoms with Crippen LogP contribution >= 0.6 is 0 Å². The second kappa shape index (κ2) is 7.90. The maximum Gasteiger partial charge on any atom is 0.295 e. The average molecular weight is 384 g/mol. The van der Waals surface area contributed by atoms with E-state index in [1.54, 1.807) is 43.3 Å². The number of furan rings is 1. The van der Waals surface area contributed by atoms with E-state index in [1.807, 2.05) is 19.0 Å². The molecule has 1 atom stereocenters. The molecule has 1 amide bonds. The van der Waals surface area contributed by atoms with E-state index in [9.17, 15) is 14.7 Å². The maximum absolute atomic E-state index is 12.8. The smallest absolute Gasteiger partial charge is 0.295 e. The third-order valence-electron chi connectivity index (χ3n) is 4.70. The Morgan fingerprint density at radius 3 is 2.61 bits per heavy atom. The van der Waals surface area contributed by atoms with E-state index in [0.717, 1.165) is 0 Å². The summed E-state index contributed by atoms with van der Waals surface area (Å²) in [6.07, 6.45) is 0. The van der Waals surface area contributed by atoms with Crippen LogP contribution in [0.4, 0.5) is 0 Å². The van der Waals surface area contributed by atoms with E-state index in [2.05, 4.69) is 0 Å². The number of rotatable bonds is 6.